The average molecular weight is 381 g/mol. The maximum absolute atomic E-state index is 14.0. The molecule has 2 aromatic heterocycles. The number of aromatic nitrogens is 2. The largest absolute Gasteiger partial charge is 0.295 e. The molecule has 0 saturated carbocycles. The molecule has 0 N–H and O–H groups in total. The van der Waals surface area contributed by atoms with Gasteiger partial charge in [0.25, 0.3) is 5.56 Å². The molecule has 0 spiro atoms. The molecule has 0 fully saturated rings. The van der Waals surface area contributed by atoms with Crippen molar-refractivity contribution in [3.8, 4) is 28.5 Å². The second-order valence-corrected chi connectivity index (χ2v) is 6.53. The number of fused-ring (bicyclic) bond motifs is 1. The van der Waals surface area contributed by atoms with E-state index in [0.29, 0.717) is 21.9 Å². The van der Waals surface area contributed by atoms with Crippen molar-refractivity contribution in [2.45, 2.75) is 6.54 Å². The first-order valence-electron chi connectivity index (χ1n) is 9.03. The lowest BCUT2D eigenvalue weighted by Gasteiger charge is -2.16. The van der Waals surface area contributed by atoms with Crippen molar-refractivity contribution >= 4 is 10.8 Å². The number of nitrogens with zero attached hydrogens (tertiary/aromatic N) is 3. The summed E-state index contributed by atoms with van der Waals surface area (Å²) in [6, 6.07) is 19.1. The summed E-state index contributed by atoms with van der Waals surface area (Å²) in [5, 5.41) is 10.9. The maximum Gasteiger partial charge on any atom is 0.259 e. The molecule has 4 rings (SSSR count). The number of hydrogen-bond acceptors (Lipinski definition) is 3. The van der Waals surface area contributed by atoms with E-state index in [1.165, 1.54) is 16.7 Å². The first kappa shape index (κ1) is 18.3. The fourth-order valence-corrected chi connectivity index (χ4v) is 3.50. The zero-order valence-electron chi connectivity index (χ0n) is 15.5. The lowest BCUT2D eigenvalue weighted by molar-refractivity contribution is 0.628. The van der Waals surface area contributed by atoms with Gasteiger partial charge in [0.15, 0.2) is 0 Å². The van der Waals surface area contributed by atoms with Gasteiger partial charge in [0, 0.05) is 29.3 Å². The third-order valence-corrected chi connectivity index (χ3v) is 4.76. The van der Waals surface area contributed by atoms with Crippen LogP contribution in [-0.2, 0) is 6.54 Å². The molecule has 0 aliphatic carbocycles. The fraction of sp³-hybridized carbons (Fsp3) is 0.0417. The molecule has 4 aromatic rings. The molecule has 0 bridgehead atoms. The summed E-state index contributed by atoms with van der Waals surface area (Å²) in [5.41, 5.74) is 2.48. The van der Waals surface area contributed by atoms with E-state index >= 15 is 0 Å². The minimum absolute atomic E-state index is 0.172. The van der Waals surface area contributed by atoms with E-state index in [2.05, 4.69) is 17.6 Å². The molecule has 29 heavy (non-hydrogen) atoms. The van der Waals surface area contributed by atoms with Gasteiger partial charge in [0.05, 0.1) is 5.69 Å². The minimum atomic E-state index is -0.415. The lowest BCUT2D eigenvalue weighted by Crippen LogP contribution is -2.23. The van der Waals surface area contributed by atoms with Crippen LogP contribution in [0.3, 0.4) is 0 Å². The number of halogens is 1. The summed E-state index contributed by atoms with van der Waals surface area (Å²) in [5.74, 6) is -0.415. The third kappa shape index (κ3) is 3.21. The first-order chi connectivity index (χ1) is 14.1. The minimum Gasteiger partial charge on any atom is -0.295 e. The van der Waals surface area contributed by atoms with Gasteiger partial charge in [-0.1, -0.05) is 30.3 Å². The highest BCUT2D eigenvalue weighted by Gasteiger charge is 2.19. The molecule has 2 aromatic carbocycles. The van der Waals surface area contributed by atoms with Crippen molar-refractivity contribution in [1.29, 1.82) is 5.26 Å². The summed E-state index contributed by atoms with van der Waals surface area (Å²) < 4.78 is 15.4. The topological polar surface area (TPSA) is 58.7 Å². The van der Waals surface area contributed by atoms with Gasteiger partial charge in [-0.15, -0.1) is 6.58 Å². The Hall–Kier alpha value is -4.04. The summed E-state index contributed by atoms with van der Waals surface area (Å²) in [7, 11) is 0. The van der Waals surface area contributed by atoms with Crippen molar-refractivity contribution < 1.29 is 4.39 Å². The van der Waals surface area contributed by atoms with E-state index < -0.39 is 5.82 Å². The highest BCUT2D eigenvalue weighted by atomic mass is 19.1. The predicted octanol–water partition coefficient (Wildman–Crippen LogP) is 4.93. The molecule has 0 amide bonds. The van der Waals surface area contributed by atoms with Crippen molar-refractivity contribution in [2.24, 2.45) is 0 Å². The summed E-state index contributed by atoms with van der Waals surface area (Å²) in [6.45, 7) is 3.87. The SMILES string of the molecule is C=CCn1c(C#N)c(-c2cccc(F)c2)c2cc(-c3ccccn3)ccc2c1=O. The number of hydrogen-bond donors (Lipinski definition) is 0. The van der Waals surface area contributed by atoms with Crippen molar-refractivity contribution in [1.82, 2.24) is 9.55 Å². The van der Waals surface area contributed by atoms with Crippen LogP contribution in [0.1, 0.15) is 5.69 Å². The van der Waals surface area contributed by atoms with Gasteiger partial charge < -0.3 is 0 Å². The molecule has 140 valence electrons. The van der Waals surface area contributed by atoms with Gasteiger partial charge >= 0.3 is 0 Å². The fourth-order valence-electron chi connectivity index (χ4n) is 3.50. The molecule has 0 aliphatic rings. The van der Waals surface area contributed by atoms with Gasteiger partial charge in [-0.25, -0.2) is 4.39 Å². The van der Waals surface area contributed by atoms with Crippen LogP contribution in [-0.4, -0.2) is 9.55 Å². The van der Waals surface area contributed by atoms with Crippen LogP contribution in [0.2, 0.25) is 0 Å². The van der Waals surface area contributed by atoms with Gasteiger partial charge in [0.2, 0.25) is 0 Å². The molecule has 0 aliphatic heterocycles. The molecule has 4 nitrogen and oxygen atoms in total. The summed E-state index contributed by atoms with van der Waals surface area (Å²) in [4.78, 5) is 17.4. The smallest absolute Gasteiger partial charge is 0.259 e. The highest BCUT2D eigenvalue weighted by molar-refractivity contribution is 6.00. The van der Waals surface area contributed by atoms with E-state index in [4.69, 9.17) is 0 Å². The standard InChI is InChI=1S/C24H16FN3O/c1-2-12-28-22(15-26)23(17-6-5-7-18(25)13-17)20-14-16(9-10-19(20)24(28)29)21-8-3-4-11-27-21/h2-11,13-14H,1,12H2. The van der Waals surface area contributed by atoms with Crippen LogP contribution in [0.4, 0.5) is 4.39 Å². The normalized spacial score (nSPS) is 10.6. The van der Waals surface area contributed by atoms with Crippen LogP contribution in [0, 0.1) is 17.1 Å². The Kier molecular flexibility index (Phi) is 4.76. The molecule has 0 radical (unpaired) electrons. The lowest BCUT2D eigenvalue weighted by atomic mass is 9.95. The quantitative estimate of drug-likeness (QED) is 0.471. The predicted molar refractivity (Wildman–Crippen MR) is 112 cm³/mol. The first-order valence-corrected chi connectivity index (χ1v) is 9.03. The zero-order chi connectivity index (χ0) is 20.4. The Morgan fingerprint density at radius 1 is 1.07 bits per heavy atom. The molecular weight excluding hydrogens is 365 g/mol. The van der Waals surface area contributed by atoms with E-state index in [0.717, 1.165) is 11.3 Å². The van der Waals surface area contributed by atoms with E-state index in [9.17, 15) is 14.4 Å². The van der Waals surface area contributed by atoms with Crippen LogP contribution in [0.25, 0.3) is 33.2 Å². The Morgan fingerprint density at radius 3 is 2.62 bits per heavy atom. The molecule has 0 saturated heterocycles. The second kappa shape index (κ2) is 7.53. The van der Waals surface area contributed by atoms with Crippen LogP contribution < -0.4 is 5.56 Å². The zero-order valence-corrected chi connectivity index (χ0v) is 15.5. The van der Waals surface area contributed by atoms with Crippen molar-refractivity contribution in [3.05, 3.63) is 101 Å². The van der Waals surface area contributed by atoms with Gasteiger partial charge in [-0.2, -0.15) is 5.26 Å². The van der Waals surface area contributed by atoms with Crippen molar-refractivity contribution in [3.63, 3.8) is 0 Å². The molecular formula is C24H16FN3O. The van der Waals surface area contributed by atoms with Crippen molar-refractivity contribution in [2.75, 3.05) is 0 Å². The Bertz CT molecular complexity index is 1330. The molecule has 2 heterocycles. The van der Waals surface area contributed by atoms with Crippen LogP contribution >= 0.6 is 0 Å². The average Bonchev–Trinajstić information content (AvgIpc) is 2.75. The van der Waals surface area contributed by atoms with Gasteiger partial charge in [-0.05, 0) is 47.3 Å². The van der Waals surface area contributed by atoms with Crippen LogP contribution in [0.5, 0.6) is 0 Å². The summed E-state index contributed by atoms with van der Waals surface area (Å²) in [6.07, 6.45) is 3.25. The number of nitriles is 1. The second-order valence-electron chi connectivity index (χ2n) is 6.53. The highest BCUT2D eigenvalue weighted by Crippen LogP contribution is 2.33. The molecule has 0 unspecified atom stereocenters. The third-order valence-electron chi connectivity index (χ3n) is 4.76. The van der Waals surface area contributed by atoms with E-state index in [1.807, 2.05) is 30.3 Å². The molecule has 5 heteroatoms. The van der Waals surface area contributed by atoms with Gasteiger partial charge in [0.1, 0.15) is 17.6 Å². The number of pyridine rings is 2. The number of rotatable bonds is 4. The van der Waals surface area contributed by atoms with E-state index in [1.54, 1.807) is 30.5 Å². The monoisotopic (exact) mass is 381 g/mol. The van der Waals surface area contributed by atoms with E-state index in [-0.39, 0.29) is 17.8 Å². The Labute approximate surface area is 166 Å². The Morgan fingerprint density at radius 2 is 1.93 bits per heavy atom. The number of allylic oxidation sites excluding steroid dienone is 1. The number of benzene rings is 2. The van der Waals surface area contributed by atoms with Gasteiger partial charge in [-0.3, -0.25) is 14.3 Å². The Balaban J connectivity index is 2.15. The molecule has 0 atom stereocenters. The maximum atomic E-state index is 14.0. The summed E-state index contributed by atoms with van der Waals surface area (Å²) >= 11 is 0. The van der Waals surface area contributed by atoms with Crippen LogP contribution in [0.15, 0.2) is 84.3 Å².